The zero-order chi connectivity index (χ0) is 14.8. The Balaban J connectivity index is 1.48. The fourth-order valence-corrected chi connectivity index (χ4v) is 2.57. The van der Waals surface area contributed by atoms with Crippen molar-refractivity contribution < 1.29 is 24.2 Å². The smallest absolute Gasteiger partial charge is 0.372 e. The van der Waals surface area contributed by atoms with E-state index >= 15 is 0 Å². The third-order valence-corrected chi connectivity index (χ3v) is 3.82. The van der Waals surface area contributed by atoms with Crippen LogP contribution in [0.4, 0.5) is 0 Å². The summed E-state index contributed by atoms with van der Waals surface area (Å²) in [5.41, 5.74) is 1.13. The summed E-state index contributed by atoms with van der Waals surface area (Å²) in [5, 5.41) is 8.60. The van der Waals surface area contributed by atoms with Crippen LogP contribution in [0.1, 0.15) is 18.4 Å². The highest BCUT2D eigenvalue weighted by molar-refractivity contribution is 6.32. The third-order valence-electron chi connectivity index (χ3n) is 3.82. The molecule has 1 saturated carbocycles. The molecule has 3 rings (SSSR count). The van der Waals surface area contributed by atoms with E-state index in [9.17, 15) is 9.59 Å². The molecule has 1 aromatic carbocycles. The van der Waals surface area contributed by atoms with E-state index in [1.54, 1.807) is 6.26 Å². The molecule has 0 saturated heterocycles. The number of carbonyl (C=O) groups is 2. The highest BCUT2D eigenvalue weighted by Crippen LogP contribution is 2.48. The number of Topliss-reactive ketones (excluding diaryl/α,β-unsaturated/α-hetero) is 1. The Kier molecular flexibility index (Phi) is 3.64. The van der Waals surface area contributed by atoms with Gasteiger partial charge in [0.2, 0.25) is 12.1 Å². The van der Waals surface area contributed by atoms with Crippen LogP contribution in [-0.4, -0.2) is 23.1 Å². The SMILES string of the molecule is O=C(O)C(=O)CC1CC1C1=COC(Cc2ccccc2)O1. The number of rotatable bonds is 6. The fourth-order valence-electron chi connectivity index (χ4n) is 2.57. The van der Waals surface area contributed by atoms with Gasteiger partial charge in [-0.15, -0.1) is 0 Å². The van der Waals surface area contributed by atoms with Crippen LogP contribution in [0.3, 0.4) is 0 Å². The molecule has 0 aromatic heterocycles. The molecule has 1 aromatic rings. The highest BCUT2D eigenvalue weighted by atomic mass is 16.7. The summed E-state index contributed by atoms with van der Waals surface area (Å²) in [7, 11) is 0. The molecule has 1 heterocycles. The van der Waals surface area contributed by atoms with Crippen molar-refractivity contribution >= 4 is 11.8 Å². The van der Waals surface area contributed by atoms with E-state index in [1.807, 2.05) is 30.3 Å². The van der Waals surface area contributed by atoms with Crippen molar-refractivity contribution in [2.75, 3.05) is 0 Å². The monoisotopic (exact) mass is 288 g/mol. The number of allylic oxidation sites excluding steroid dienone is 1. The maximum absolute atomic E-state index is 11.2. The molecule has 0 bridgehead atoms. The Labute approximate surface area is 122 Å². The van der Waals surface area contributed by atoms with Gasteiger partial charge in [-0.25, -0.2) is 4.79 Å². The van der Waals surface area contributed by atoms with Crippen molar-refractivity contribution in [2.24, 2.45) is 11.8 Å². The molecule has 5 heteroatoms. The van der Waals surface area contributed by atoms with Crippen LogP contribution in [0, 0.1) is 11.8 Å². The number of hydrogen-bond acceptors (Lipinski definition) is 4. The second kappa shape index (κ2) is 5.60. The minimum atomic E-state index is -1.36. The summed E-state index contributed by atoms with van der Waals surface area (Å²) in [5.74, 6) is -1.17. The molecule has 110 valence electrons. The summed E-state index contributed by atoms with van der Waals surface area (Å²) >= 11 is 0. The van der Waals surface area contributed by atoms with E-state index in [-0.39, 0.29) is 24.5 Å². The predicted octanol–water partition coefficient (Wildman–Crippen LogP) is 2.12. The molecule has 0 spiro atoms. The molecule has 1 aliphatic carbocycles. The van der Waals surface area contributed by atoms with Gasteiger partial charge in [0.25, 0.3) is 0 Å². The Bertz CT molecular complexity index is 578. The summed E-state index contributed by atoms with van der Waals surface area (Å²) in [6, 6.07) is 9.91. The molecular weight excluding hydrogens is 272 g/mol. The minimum Gasteiger partial charge on any atom is -0.476 e. The molecule has 2 aliphatic rings. The number of ketones is 1. The Morgan fingerprint density at radius 1 is 1.24 bits per heavy atom. The van der Waals surface area contributed by atoms with Crippen LogP contribution in [0.25, 0.3) is 0 Å². The van der Waals surface area contributed by atoms with Crippen LogP contribution >= 0.6 is 0 Å². The zero-order valence-electron chi connectivity index (χ0n) is 11.4. The normalized spacial score (nSPS) is 26.5. The van der Waals surface area contributed by atoms with Gasteiger partial charge in [0, 0.05) is 18.8 Å². The number of carboxylic acids is 1. The van der Waals surface area contributed by atoms with Crippen LogP contribution in [0.15, 0.2) is 42.4 Å². The summed E-state index contributed by atoms with van der Waals surface area (Å²) < 4.78 is 11.2. The van der Waals surface area contributed by atoms with E-state index in [0.29, 0.717) is 6.42 Å². The molecule has 0 amide bonds. The Hall–Kier alpha value is -2.30. The molecule has 0 radical (unpaired) electrons. The summed E-state index contributed by atoms with van der Waals surface area (Å²) in [4.78, 5) is 21.7. The second-order valence-corrected chi connectivity index (χ2v) is 5.43. The van der Waals surface area contributed by atoms with Crippen molar-refractivity contribution in [2.45, 2.75) is 25.6 Å². The maximum atomic E-state index is 11.2. The lowest BCUT2D eigenvalue weighted by Crippen LogP contribution is -2.14. The standard InChI is InChI=1S/C16H16O5/c17-13(16(18)19)8-11-7-12(11)14-9-20-15(21-14)6-10-4-2-1-3-5-10/h1-5,9,11-12,15H,6-8H2,(H,18,19). The van der Waals surface area contributed by atoms with E-state index in [2.05, 4.69) is 0 Å². The first-order valence-electron chi connectivity index (χ1n) is 6.95. The lowest BCUT2D eigenvalue weighted by Gasteiger charge is -2.11. The molecule has 3 atom stereocenters. The number of ether oxygens (including phenoxy) is 2. The quantitative estimate of drug-likeness (QED) is 0.812. The van der Waals surface area contributed by atoms with Gasteiger partial charge >= 0.3 is 5.97 Å². The first-order chi connectivity index (χ1) is 10.1. The number of hydrogen-bond donors (Lipinski definition) is 1. The summed E-state index contributed by atoms with van der Waals surface area (Å²) in [6.45, 7) is 0. The Morgan fingerprint density at radius 3 is 2.71 bits per heavy atom. The first kappa shape index (κ1) is 13.7. The van der Waals surface area contributed by atoms with Gasteiger partial charge in [-0.2, -0.15) is 0 Å². The molecule has 21 heavy (non-hydrogen) atoms. The molecular formula is C16H16O5. The number of carbonyl (C=O) groups excluding carboxylic acids is 1. The topological polar surface area (TPSA) is 72.8 Å². The van der Waals surface area contributed by atoms with E-state index < -0.39 is 11.8 Å². The minimum absolute atomic E-state index is 0.0684. The molecule has 5 nitrogen and oxygen atoms in total. The highest BCUT2D eigenvalue weighted by Gasteiger charge is 2.45. The van der Waals surface area contributed by atoms with Gasteiger partial charge in [0.1, 0.15) is 12.0 Å². The number of aliphatic carboxylic acids is 1. The van der Waals surface area contributed by atoms with E-state index in [4.69, 9.17) is 14.6 Å². The van der Waals surface area contributed by atoms with Gasteiger partial charge in [-0.3, -0.25) is 4.79 Å². The third kappa shape index (κ3) is 3.24. The average molecular weight is 288 g/mol. The van der Waals surface area contributed by atoms with Gasteiger partial charge in [-0.05, 0) is 17.9 Å². The number of benzene rings is 1. The van der Waals surface area contributed by atoms with E-state index in [0.717, 1.165) is 17.7 Å². The van der Waals surface area contributed by atoms with Crippen LogP contribution in [0.2, 0.25) is 0 Å². The zero-order valence-corrected chi connectivity index (χ0v) is 11.4. The first-order valence-corrected chi connectivity index (χ1v) is 6.95. The fraction of sp³-hybridized carbons (Fsp3) is 0.375. The van der Waals surface area contributed by atoms with Crippen molar-refractivity contribution in [3.63, 3.8) is 0 Å². The van der Waals surface area contributed by atoms with Gasteiger partial charge in [-0.1, -0.05) is 30.3 Å². The largest absolute Gasteiger partial charge is 0.476 e. The maximum Gasteiger partial charge on any atom is 0.372 e. The molecule has 1 fully saturated rings. The predicted molar refractivity (Wildman–Crippen MR) is 73.0 cm³/mol. The van der Waals surface area contributed by atoms with Crippen molar-refractivity contribution in [1.82, 2.24) is 0 Å². The van der Waals surface area contributed by atoms with Gasteiger partial charge in [0.15, 0.2) is 0 Å². The van der Waals surface area contributed by atoms with Crippen LogP contribution < -0.4 is 0 Å². The Morgan fingerprint density at radius 2 is 2.00 bits per heavy atom. The van der Waals surface area contributed by atoms with Crippen LogP contribution in [-0.2, 0) is 25.5 Å². The average Bonchev–Trinajstić information content (AvgIpc) is 3.08. The van der Waals surface area contributed by atoms with Gasteiger partial charge < -0.3 is 14.6 Å². The van der Waals surface area contributed by atoms with Crippen LogP contribution in [0.5, 0.6) is 0 Å². The molecule has 1 aliphatic heterocycles. The van der Waals surface area contributed by atoms with Gasteiger partial charge in [0.05, 0.1) is 0 Å². The second-order valence-electron chi connectivity index (χ2n) is 5.43. The van der Waals surface area contributed by atoms with Crippen molar-refractivity contribution in [3.05, 3.63) is 47.9 Å². The summed E-state index contributed by atoms with van der Waals surface area (Å²) in [6.07, 6.45) is 2.78. The molecule has 1 N–H and O–H groups in total. The van der Waals surface area contributed by atoms with Crippen molar-refractivity contribution in [1.29, 1.82) is 0 Å². The van der Waals surface area contributed by atoms with Crippen molar-refractivity contribution in [3.8, 4) is 0 Å². The lowest BCUT2D eigenvalue weighted by molar-refractivity contribution is -0.149. The number of carboxylic acid groups (broad SMARTS) is 1. The lowest BCUT2D eigenvalue weighted by atomic mass is 10.1. The van der Waals surface area contributed by atoms with E-state index in [1.165, 1.54) is 0 Å². The molecule has 3 unspecified atom stereocenters.